The highest BCUT2D eigenvalue weighted by Gasteiger charge is 2.38. The molecule has 2 aromatic heterocycles. The molecule has 0 aliphatic heterocycles. The lowest BCUT2D eigenvalue weighted by Crippen LogP contribution is -2.51. The Hall–Kier alpha value is -3.09. The molecule has 1 amide bonds. The second-order valence-electron chi connectivity index (χ2n) is 9.07. The van der Waals surface area contributed by atoms with Gasteiger partial charge in [-0.25, -0.2) is 9.18 Å². The number of alkyl halides is 3. The fourth-order valence-electron chi connectivity index (χ4n) is 4.63. The van der Waals surface area contributed by atoms with Crippen molar-refractivity contribution < 1.29 is 32.3 Å². The van der Waals surface area contributed by atoms with Crippen LogP contribution in [0.25, 0.3) is 5.52 Å². The fraction of sp³-hybridized carbons (Fsp3) is 0.400. The maximum atomic E-state index is 14.7. The molecule has 8 nitrogen and oxygen atoms in total. The average molecular weight is 593 g/mol. The van der Waals surface area contributed by atoms with Gasteiger partial charge in [0.15, 0.2) is 0 Å². The smallest absolute Gasteiger partial charge is 0.475 e. The molecule has 212 valence electrons. The van der Waals surface area contributed by atoms with Gasteiger partial charge >= 0.3 is 12.1 Å². The number of nitrogens with zero attached hydrogens (tertiary/aromatic N) is 2. The van der Waals surface area contributed by atoms with E-state index >= 15 is 0 Å². The van der Waals surface area contributed by atoms with Crippen LogP contribution in [0.4, 0.5) is 17.6 Å². The van der Waals surface area contributed by atoms with E-state index in [0.29, 0.717) is 23.2 Å². The maximum absolute atomic E-state index is 14.7. The molecule has 39 heavy (non-hydrogen) atoms. The number of aromatic nitrogens is 2. The molecule has 0 unspecified atom stereocenters. The number of carboxylic acids is 1. The van der Waals surface area contributed by atoms with E-state index in [0.717, 1.165) is 25.7 Å². The lowest BCUT2D eigenvalue weighted by molar-refractivity contribution is -0.192. The summed E-state index contributed by atoms with van der Waals surface area (Å²) in [7, 11) is 3.63. The molecule has 0 radical (unpaired) electrons. The second-order valence-corrected chi connectivity index (χ2v) is 9.84. The highest BCUT2D eigenvalue weighted by Crippen LogP contribution is 2.28. The Balaban J connectivity index is 0.000000532. The molecule has 1 aromatic carbocycles. The predicted molar refractivity (Wildman–Crippen MR) is 138 cm³/mol. The zero-order chi connectivity index (χ0) is 29.1. The van der Waals surface area contributed by atoms with Crippen LogP contribution < -0.4 is 10.9 Å². The van der Waals surface area contributed by atoms with Crippen molar-refractivity contribution in [1.29, 1.82) is 0 Å². The third kappa shape index (κ3) is 6.92. The average Bonchev–Trinajstić information content (AvgIpc) is 3.20. The first-order valence-electron chi connectivity index (χ1n) is 11.9. The summed E-state index contributed by atoms with van der Waals surface area (Å²) >= 11 is 12.4. The standard InChI is InChI=1S/C23H25Cl2FN4O2.C2HF3O2/c1-27-18-5-3-4-6-19(18)29(2)23(32)15-10-13(7-8-17(15)26)9-14-12-28-22(31)20-11-16(24)21(25)30(14)20;3-2(4,5)1(6)7/h7-8,10-12,18-19,27H,3-6,9H2,1-2H3,(H,28,31);(H,6,7)/t18-,19-;/m1./s1. The predicted octanol–water partition coefficient (Wildman–Crippen LogP) is 4.90. The van der Waals surface area contributed by atoms with Crippen molar-refractivity contribution in [2.75, 3.05) is 14.1 Å². The summed E-state index contributed by atoms with van der Waals surface area (Å²) in [4.78, 5) is 38.6. The Bertz CT molecular complexity index is 1420. The highest BCUT2D eigenvalue weighted by atomic mass is 35.5. The van der Waals surface area contributed by atoms with E-state index in [1.807, 2.05) is 7.05 Å². The van der Waals surface area contributed by atoms with Crippen molar-refractivity contribution in [3.63, 3.8) is 0 Å². The quantitative estimate of drug-likeness (QED) is 0.365. The number of hydrogen-bond acceptors (Lipinski definition) is 4. The minimum Gasteiger partial charge on any atom is -0.475 e. The first kappa shape index (κ1) is 30.5. The zero-order valence-electron chi connectivity index (χ0n) is 20.9. The van der Waals surface area contributed by atoms with Gasteiger partial charge in [-0.05, 0) is 43.7 Å². The Kier molecular flexibility index (Phi) is 9.68. The van der Waals surface area contributed by atoms with Gasteiger partial charge in [-0.15, -0.1) is 0 Å². The van der Waals surface area contributed by atoms with Gasteiger partial charge in [0.25, 0.3) is 11.5 Å². The number of aromatic amines is 1. The Labute approximate surface area is 230 Å². The Morgan fingerprint density at radius 1 is 1.21 bits per heavy atom. The summed E-state index contributed by atoms with van der Waals surface area (Å²) < 4.78 is 48.0. The number of fused-ring (bicyclic) bond motifs is 1. The SMILES string of the molecule is CN[C@@H]1CCCC[C@H]1N(C)C(=O)c1cc(Cc2c[nH]c(=O)c3cc(Cl)c(Cl)n23)ccc1F.O=C(O)C(F)(F)F. The number of rotatable bonds is 5. The van der Waals surface area contributed by atoms with Crippen LogP contribution in [0.1, 0.15) is 47.3 Å². The number of likely N-dealkylation sites (N-methyl/N-ethyl adjacent to an activating group) is 2. The topological polar surface area (TPSA) is 107 Å². The molecule has 0 saturated heterocycles. The number of carbonyl (C=O) groups is 2. The molecule has 1 fully saturated rings. The summed E-state index contributed by atoms with van der Waals surface area (Å²) in [5.41, 5.74) is 1.42. The number of H-pyrrole nitrogens is 1. The third-order valence-corrected chi connectivity index (χ3v) is 7.35. The van der Waals surface area contributed by atoms with Crippen molar-refractivity contribution in [3.05, 3.63) is 73.6 Å². The van der Waals surface area contributed by atoms with Crippen LogP contribution in [-0.4, -0.2) is 63.6 Å². The summed E-state index contributed by atoms with van der Waals surface area (Å²) in [5.74, 6) is -3.66. The van der Waals surface area contributed by atoms with Crippen LogP contribution in [0.3, 0.4) is 0 Å². The summed E-state index contributed by atoms with van der Waals surface area (Å²) in [6, 6.07) is 6.21. The number of amides is 1. The molecule has 4 rings (SSSR count). The molecule has 2 atom stereocenters. The molecule has 2 heterocycles. The van der Waals surface area contributed by atoms with Crippen LogP contribution in [0.2, 0.25) is 10.2 Å². The van der Waals surface area contributed by atoms with Gasteiger partial charge in [0.05, 0.1) is 10.6 Å². The number of hydrogen-bond donors (Lipinski definition) is 3. The number of nitrogens with one attached hydrogen (secondary N) is 2. The summed E-state index contributed by atoms with van der Waals surface area (Å²) in [6.07, 6.45) is 0.832. The van der Waals surface area contributed by atoms with Crippen LogP contribution in [0.15, 0.2) is 35.3 Å². The van der Waals surface area contributed by atoms with E-state index in [-0.39, 0.29) is 39.3 Å². The Morgan fingerprint density at radius 2 is 1.85 bits per heavy atom. The van der Waals surface area contributed by atoms with Crippen LogP contribution in [0.5, 0.6) is 0 Å². The van der Waals surface area contributed by atoms with E-state index in [2.05, 4.69) is 10.3 Å². The van der Waals surface area contributed by atoms with Gasteiger partial charge in [0.2, 0.25) is 0 Å². The molecule has 1 saturated carbocycles. The van der Waals surface area contributed by atoms with Crippen molar-refractivity contribution in [1.82, 2.24) is 19.6 Å². The number of carboxylic acid groups (broad SMARTS) is 1. The zero-order valence-corrected chi connectivity index (χ0v) is 22.4. The maximum Gasteiger partial charge on any atom is 0.490 e. The summed E-state index contributed by atoms with van der Waals surface area (Å²) in [6.45, 7) is 0. The lowest BCUT2D eigenvalue weighted by Gasteiger charge is -2.38. The van der Waals surface area contributed by atoms with Gasteiger partial charge in [0, 0.05) is 37.4 Å². The van der Waals surface area contributed by atoms with Gasteiger partial charge in [-0.1, -0.05) is 42.1 Å². The highest BCUT2D eigenvalue weighted by molar-refractivity contribution is 6.42. The molecule has 0 spiro atoms. The molecule has 1 aliphatic carbocycles. The number of carbonyl (C=O) groups excluding carboxylic acids is 1. The number of halogens is 6. The molecule has 3 aromatic rings. The van der Waals surface area contributed by atoms with Gasteiger partial charge in [0.1, 0.15) is 16.5 Å². The van der Waals surface area contributed by atoms with Gasteiger partial charge in [-0.3, -0.25) is 14.0 Å². The molecule has 3 N–H and O–H groups in total. The largest absolute Gasteiger partial charge is 0.490 e. The van der Waals surface area contributed by atoms with E-state index < -0.39 is 18.0 Å². The van der Waals surface area contributed by atoms with Crippen molar-refractivity contribution >= 4 is 40.6 Å². The van der Waals surface area contributed by atoms with E-state index in [9.17, 15) is 27.2 Å². The monoisotopic (exact) mass is 592 g/mol. The van der Waals surface area contributed by atoms with E-state index in [1.54, 1.807) is 34.7 Å². The number of aliphatic carboxylic acids is 1. The van der Waals surface area contributed by atoms with E-state index in [1.165, 1.54) is 12.1 Å². The van der Waals surface area contributed by atoms with Crippen LogP contribution in [-0.2, 0) is 11.2 Å². The Morgan fingerprint density at radius 3 is 2.46 bits per heavy atom. The lowest BCUT2D eigenvalue weighted by atomic mass is 9.89. The minimum absolute atomic E-state index is 0.0175. The first-order chi connectivity index (χ1) is 18.3. The third-order valence-electron chi connectivity index (χ3n) is 6.59. The normalized spacial score (nSPS) is 17.4. The van der Waals surface area contributed by atoms with E-state index in [4.69, 9.17) is 33.1 Å². The number of benzene rings is 1. The molecule has 0 bridgehead atoms. The first-order valence-corrected chi connectivity index (χ1v) is 12.6. The molecular weight excluding hydrogens is 567 g/mol. The summed E-state index contributed by atoms with van der Waals surface area (Å²) in [5, 5.41) is 10.9. The molecule has 1 aliphatic rings. The molecular formula is C25H26Cl2F4N4O4. The van der Waals surface area contributed by atoms with Gasteiger partial charge < -0.3 is 20.3 Å². The van der Waals surface area contributed by atoms with Crippen molar-refractivity contribution in [2.45, 2.75) is 50.4 Å². The minimum atomic E-state index is -5.08. The second kappa shape index (κ2) is 12.4. The van der Waals surface area contributed by atoms with Gasteiger partial charge in [-0.2, -0.15) is 13.2 Å². The molecule has 14 heteroatoms. The fourth-order valence-corrected chi connectivity index (χ4v) is 5.07. The van der Waals surface area contributed by atoms with Crippen LogP contribution >= 0.6 is 23.2 Å². The van der Waals surface area contributed by atoms with Crippen molar-refractivity contribution in [3.8, 4) is 0 Å². The van der Waals surface area contributed by atoms with Crippen LogP contribution in [0, 0.1) is 5.82 Å². The van der Waals surface area contributed by atoms with Crippen molar-refractivity contribution in [2.24, 2.45) is 0 Å².